The Balaban J connectivity index is 1.67. The molecule has 10 heteroatoms. The molecule has 0 fully saturated rings. The summed E-state index contributed by atoms with van der Waals surface area (Å²) >= 11 is 0. The van der Waals surface area contributed by atoms with Gasteiger partial charge in [-0.1, -0.05) is 6.58 Å². The fraction of sp³-hybridized carbons (Fsp3) is 0.158. The molecule has 0 unspecified atom stereocenters. The molecule has 0 aliphatic carbocycles. The summed E-state index contributed by atoms with van der Waals surface area (Å²) in [4.78, 5) is 24.3. The lowest BCUT2D eigenvalue weighted by molar-refractivity contribution is -0.115. The minimum Gasteiger partial charge on any atom is -0.454 e. The van der Waals surface area contributed by atoms with Crippen LogP contribution in [0.1, 0.15) is 16.8 Å². The van der Waals surface area contributed by atoms with E-state index in [4.69, 9.17) is 9.47 Å². The third-order valence-corrected chi connectivity index (χ3v) is 5.28. The van der Waals surface area contributed by atoms with Gasteiger partial charge in [-0.25, -0.2) is 12.8 Å². The van der Waals surface area contributed by atoms with E-state index in [0.717, 1.165) is 11.5 Å². The van der Waals surface area contributed by atoms with E-state index in [0.29, 0.717) is 17.1 Å². The van der Waals surface area contributed by atoms with E-state index >= 15 is 0 Å². The smallest absolute Gasteiger partial charge is 0.255 e. The van der Waals surface area contributed by atoms with Gasteiger partial charge in [0.2, 0.25) is 12.7 Å². The molecule has 0 saturated heterocycles. The van der Waals surface area contributed by atoms with Crippen LogP contribution < -0.4 is 20.1 Å². The van der Waals surface area contributed by atoms with Gasteiger partial charge in [0, 0.05) is 23.1 Å². The number of sulfone groups is 1. The zero-order valence-corrected chi connectivity index (χ0v) is 15.9. The van der Waals surface area contributed by atoms with Crippen LogP contribution in [-0.4, -0.2) is 32.8 Å². The molecule has 152 valence electrons. The Kier molecular flexibility index (Phi) is 5.83. The van der Waals surface area contributed by atoms with Crippen LogP contribution in [0.3, 0.4) is 0 Å². The largest absolute Gasteiger partial charge is 0.454 e. The van der Waals surface area contributed by atoms with Crippen molar-refractivity contribution >= 4 is 33.0 Å². The fourth-order valence-corrected chi connectivity index (χ4v) is 3.11. The number of rotatable bonds is 7. The lowest BCUT2D eigenvalue weighted by Gasteiger charge is -2.10. The van der Waals surface area contributed by atoms with Crippen LogP contribution in [-0.2, 0) is 14.6 Å². The summed E-state index contributed by atoms with van der Waals surface area (Å²) in [5.41, 5.74) is 0.358. The highest BCUT2D eigenvalue weighted by atomic mass is 32.2. The molecule has 0 atom stereocenters. The number of carbonyl (C=O) groups excluding carboxylic acids is 2. The number of halogens is 1. The quantitative estimate of drug-likeness (QED) is 0.713. The van der Waals surface area contributed by atoms with Crippen molar-refractivity contribution in [2.45, 2.75) is 6.42 Å². The molecule has 2 amide bonds. The van der Waals surface area contributed by atoms with E-state index in [1.54, 1.807) is 12.1 Å². The highest BCUT2D eigenvalue weighted by Crippen LogP contribution is 2.32. The van der Waals surface area contributed by atoms with Gasteiger partial charge in [-0.05, 0) is 36.4 Å². The second-order valence-electron chi connectivity index (χ2n) is 6.05. The number of nitrogens with one attached hydrogen (secondary N) is 2. The number of carbonyl (C=O) groups is 2. The summed E-state index contributed by atoms with van der Waals surface area (Å²) in [6.07, 6.45) is -0.360. The van der Waals surface area contributed by atoms with Crippen LogP contribution in [0, 0.1) is 5.82 Å². The summed E-state index contributed by atoms with van der Waals surface area (Å²) in [6.45, 7) is 3.24. The molecular formula is C19H17FN2O6S. The maximum Gasteiger partial charge on any atom is 0.255 e. The number of anilines is 2. The first-order valence-electron chi connectivity index (χ1n) is 8.43. The Hall–Kier alpha value is -3.40. The number of amides is 2. The van der Waals surface area contributed by atoms with Crippen LogP contribution in [0.2, 0.25) is 0 Å². The van der Waals surface area contributed by atoms with Gasteiger partial charge in [-0.2, -0.15) is 0 Å². The zero-order valence-electron chi connectivity index (χ0n) is 15.1. The molecule has 29 heavy (non-hydrogen) atoms. The number of fused-ring (bicyclic) bond motifs is 1. The van der Waals surface area contributed by atoms with Crippen LogP contribution in [0.4, 0.5) is 15.8 Å². The molecule has 1 heterocycles. The fourth-order valence-electron chi connectivity index (χ4n) is 2.47. The molecule has 1 aliphatic heterocycles. The van der Waals surface area contributed by atoms with Crippen molar-refractivity contribution in [3.63, 3.8) is 0 Å². The Labute approximate surface area is 166 Å². The molecular weight excluding hydrogens is 403 g/mol. The molecule has 3 rings (SSSR count). The molecule has 0 bridgehead atoms. The molecule has 2 N–H and O–H groups in total. The Morgan fingerprint density at radius 3 is 2.62 bits per heavy atom. The molecule has 2 aromatic rings. The van der Waals surface area contributed by atoms with Gasteiger partial charge in [0.15, 0.2) is 21.3 Å². The lowest BCUT2D eigenvalue weighted by Crippen LogP contribution is -2.17. The minimum atomic E-state index is -3.54. The van der Waals surface area contributed by atoms with E-state index in [1.165, 1.54) is 18.2 Å². The van der Waals surface area contributed by atoms with E-state index in [1.807, 2.05) is 0 Å². The van der Waals surface area contributed by atoms with Crippen molar-refractivity contribution in [3.05, 3.63) is 59.8 Å². The standard InChI is InChI=1S/C19H17FN2O6S/c1-2-29(25,26)8-7-18(23)22-15-10-13(4-5-14(15)20)21-19(24)12-3-6-16-17(9-12)28-11-27-16/h2-6,9-10H,1,7-8,11H2,(H,21,24)(H,22,23). The van der Waals surface area contributed by atoms with Crippen molar-refractivity contribution < 1.29 is 31.9 Å². The predicted molar refractivity (Wildman–Crippen MR) is 104 cm³/mol. The van der Waals surface area contributed by atoms with Crippen molar-refractivity contribution in [1.82, 2.24) is 0 Å². The summed E-state index contributed by atoms with van der Waals surface area (Å²) in [5, 5.41) is 5.64. The third kappa shape index (κ3) is 5.11. The summed E-state index contributed by atoms with van der Waals surface area (Å²) in [7, 11) is -3.54. The van der Waals surface area contributed by atoms with Crippen molar-refractivity contribution in [2.24, 2.45) is 0 Å². The number of ether oxygens (including phenoxy) is 2. The van der Waals surface area contributed by atoms with Crippen LogP contribution in [0.5, 0.6) is 11.5 Å². The first-order valence-corrected chi connectivity index (χ1v) is 10.1. The van der Waals surface area contributed by atoms with Crippen molar-refractivity contribution in [3.8, 4) is 11.5 Å². The van der Waals surface area contributed by atoms with E-state index in [-0.39, 0.29) is 24.6 Å². The first kappa shape index (κ1) is 20.3. The van der Waals surface area contributed by atoms with Gasteiger partial charge in [-0.3, -0.25) is 9.59 Å². The second kappa shape index (κ2) is 8.31. The van der Waals surface area contributed by atoms with Crippen LogP contribution in [0.25, 0.3) is 0 Å². The molecule has 0 radical (unpaired) electrons. The third-order valence-electron chi connectivity index (χ3n) is 4.00. The topological polar surface area (TPSA) is 111 Å². The highest BCUT2D eigenvalue weighted by molar-refractivity contribution is 7.94. The Morgan fingerprint density at radius 1 is 1.10 bits per heavy atom. The average molecular weight is 420 g/mol. The first-order chi connectivity index (χ1) is 13.8. The Bertz CT molecular complexity index is 1080. The molecule has 1 aliphatic rings. The summed E-state index contributed by atoms with van der Waals surface area (Å²) in [5.74, 6) is -1.35. The number of benzene rings is 2. The SMILES string of the molecule is C=CS(=O)(=O)CCC(=O)Nc1cc(NC(=O)c2ccc3c(c2)OCO3)ccc1F. The molecule has 8 nitrogen and oxygen atoms in total. The Morgan fingerprint density at radius 2 is 1.86 bits per heavy atom. The molecule has 0 aromatic heterocycles. The minimum absolute atomic E-state index is 0.0789. The maximum atomic E-state index is 14.0. The monoisotopic (exact) mass is 420 g/mol. The van der Waals surface area contributed by atoms with E-state index in [9.17, 15) is 22.4 Å². The van der Waals surface area contributed by atoms with Crippen LogP contribution in [0.15, 0.2) is 48.4 Å². The average Bonchev–Trinajstić information content (AvgIpc) is 3.17. The number of hydrogen-bond donors (Lipinski definition) is 2. The highest BCUT2D eigenvalue weighted by Gasteiger charge is 2.17. The van der Waals surface area contributed by atoms with Crippen LogP contribution >= 0.6 is 0 Å². The van der Waals surface area contributed by atoms with Gasteiger partial charge in [-0.15, -0.1) is 0 Å². The molecule has 2 aromatic carbocycles. The van der Waals surface area contributed by atoms with E-state index < -0.39 is 33.2 Å². The van der Waals surface area contributed by atoms with Gasteiger partial charge in [0.1, 0.15) is 5.82 Å². The summed E-state index contributed by atoms with van der Waals surface area (Å²) < 4.78 is 47.1. The second-order valence-corrected chi connectivity index (χ2v) is 8.12. The maximum absolute atomic E-state index is 14.0. The van der Waals surface area contributed by atoms with E-state index in [2.05, 4.69) is 17.2 Å². The van der Waals surface area contributed by atoms with Crippen molar-refractivity contribution in [2.75, 3.05) is 23.2 Å². The molecule has 0 saturated carbocycles. The lowest BCUT2D eigenvalue weighted by atomic mass is 10.1. The zero-order chi connectivity index (χ0) is 21.0. The molecule has 0 spiro atoms. The number of hydrogen-bond acceptors (Lipinski definition) is 6. The normalized spacial score (nSPS) is 12.3. The van der Waals surface area contributed by atoms with Gasteiger partial charge in [0.05, 0.1) is 11.4 Å². The van der Waals surface area contributed by atoms with Crippen molar-refractivity contribution in [1.29, 1.82) is 0 Å². The summed E-state index contributed by atoms with van der Waals surface area (Å²) in [6, 6.07) is 8.31. The van der Waals surface area contributed by atoms with Gasteiger partial charge >= 0.3 is 0 Å². The van der Waals surface area contributed by atoms with Gasteiger partial charge in [0.25, 0.3) is 5.91 Å². The van der Waals surface area contributed by atoms with Gasteiger partial charge < -0.3 is 20.1 Å². The predicted octanol–water partition coefficient (Wildman–Crippen LogP) is 2.69.